The molecule has 6 heteroatoms. The van der Waals surface area contributed by atoms with Crippen LogP contribution in [0.2, 0.25) is 5.02 Å². The summed E-state index contributed by atoms with van der Waals surface area (Å²) < 4.78 is 23.7. The minimum absolute atomic E-state index is 0.0400. The predicted molar refractivity (Wildman–Crippen MR) is 91.0 cm³/mol. The maximum absolute atomic E-state index is 12.7. The third-order valence-electron chi connectivity index (χ3n) is 4.06. The first kappa shape index (κ1) is 16.0. The molecule has 0 radical (unpaired) electrons. The maximum Gasteiger partial charge on any atom is 0.258 e. The summed E-state index contributed by atoms with van der Waals surface area (Å²) in [5, 5.41) is 0.669. The molecule has 3 rings (SSSR count). The standard InChI is InChI=1S/C17H16ClNO3S/c1-2-23(21,22)13-8-6-12(7-9-13)17(20)19-11-10-14-15(18)4-3-5-16(14)19/h3-9H,2,10-11H2,1H3. The first-order valence-corrected chi connectivity index (χ1v) is 9.39. The monoisotopic (exact) mass is 349 g/mol. The van der Waals surface area contributed by atoms with Crippen molar-refractivity contribution in [3.8, 4) is 0 Å². The molecule has 0 aliphatic carbocycles. The van der Waals surface area contributed by atoms with E-state index in [1.54, 1.807) is 24.0 Å². The molecule has 23 heavy (non-hydrogen) atoms. The van der Waals surface area contributed by atoms with Crippen LogP contribution in [0.4, 0.5) is 5.69 Å². The van der Waals surface area contributed by atoms with E-state index in [0.29, 0.717) is 17.1 Å². The Morgan fingerprint density at radius 2 is 1.87 bits per heavy atom. The Morgan fingerprint density at radius 3 is 2.52 bits per heavy atom. The lowest BCUT2D eigenvalue weighted by atomic mass is 10.1. The van der Waals surface area contributed by atoms with Crippen molar-refractivity contribution in [1.29, 1.82) is 0 Å². The number of benzene rings is 2. The number of nitrogens with zero attached hydrogens (tertiary/aromatic N) is 1. The molecule has 0 bridgehead atoms. The largest absolute Gasteiger partial charge is 0.308 e. The molecular formula is C17H16ClNO3S. The van der Waals surface area contributed by atoms with E-state index in [1.165, 1.54) is 12.1 Å². The molecule has 2 aromatic rings. The van der Waals surface area contributed by atoms with Crippen LogP contribution >= 0.6 is 11.6 Å². The lowest BCUT2D eigenvalue weighted by Crippen LogP contribution is -2.28. The molecule has 0 spiro atoms. The van der Waals surface area contributed by atoms with E-state index in [-0.39, 0.29) is 16.6 Å². The Labute approximate surface area is 140 Å². The van der Waals surface area contributed by atoms with E-state index in [0.717, 1.165) is 17.7 Å². The Balaban J connectivity index is 1.90. The number of carbonyl (C=O) groups excluding carboxylic acids is 1. The molecule has 4 nitrogen and oxygen atoms in total. The number of carbonyl (C=O) groups is 1. The molecule has 120 valence electrons. The molecule has 0 saturated heterocycles. The van der Waals surface area contributed by atoms with Crippen LogP contribution in [-0.2, 0) is 16.3 Å². The number of fused-ring (bicyclic) bond motifs is 1. The summed E-state index contributed by atoms with van der Waals surface area (Å²) in [5.41, 5.74) is 2.27. The summed E-state index contributed by atoms with van der Waals surface area (Å²) in [6, 6.07) is 11.6. The van der Waals surface area contributed by atoms with Crippen molar-refractivity contribution in [1.82, 2.24) is 0 Å². The van der Waals surface area contributed by atoms with Crippen LogP contribution < -0.4 is 4.90 Å². The Hall–Kier alpha value is -1.85. The number of halogens is 1. The fourth-order valence-corrected chi connectivity index (χ4v) is 3.88. The zero-order valence-corrected chi connectivity index (χ0v) is 14.2. The third-order valence-corrected chi connectivity index (χ3v) is 6.16. The number of hydrogen-bond donors (Lipinski definition) is 0. The van der Waals surface area contributed by atoms with Gasteiger partial charge in [0.05, 0.1) is 10.6 Å². The van der Waals surface area contributed by atoms with E-state index in [9.17, 15) is 13.2 Å². The van der Waals surface area contributed by atoms with Gasteiger partial charge in [-0.3, -0.25) is 4.79 Å². The highest BCUT2D eigenvalue weighted by molar-refractivity contribution is 7.91. The topological polar surface area (TPSA) is 54.5 Å². The van der Waals surface area contributed by atoms with Crippen LogP contribution in [0.5, 0.6) is 0 Å². The van der Waals surface area contributed by atoms with E-state index < -0.39 is 9.84 Å². The predicted octanol–water partition coefficient (Wildman–Crippen LogP) is 3.34. The molecular weight excluding hydrogens is 334 g/mol. The van der Waals surface area contributed by atoms with Crippen molar-refractivity contribution < 1.29 is 13.2 Å². The van der Waals surface area contributed by atoms with Gasteiger partial charge in [0, 0.05) is 22.8 Å². The van der Waals surface area contributed by atoms with Crippen molar-refractivity contribution in [2.24, 2.45) is 0 Å². The van der Waals surface area contributed by atoms with Gasteiger partial charge in [0.15, 0.2) is 9.84 Å². The number of hydrogen-bond acceptors (Lipinski definition) is 3. The van der Waals surface area contributed by atoms with Gasteiger partial charge in [-0.25, -0.2) is 8.42 Å². The van der Waals surface area contributed by atoms with Crippen LogP contribution in [0.15, 0.2) is 47.4 Å². The maximum atomic E-state index is 12.7. The molecule has 1 aliphatic heterocycles. The Kier molecular flexibility index (Phi) is 4.17. The molecule has 0 fully saturated rings. The Morgan fingerprint density at radius 1 is 1.17 bits per heavy atom. The van der Waals surface area contributed by atoms with Crippen LogP contribution in [0.25, 0.3) is 0 Å². The molecule has 0 atom stereocenters. The molecule has 0 saturated carbocycles. The summed E-state index contributed by atoms with van der Waals surface area (Å²) in [6.45, 7) is 2.17. The first-order valence-electron chi connectivity index (χ1n) is 7.36. The van der Waals surface area contributed by atoms with Gasteiger partial charge in [0.2, 0.25) is 0 Å². The summed E-state index contributed by atoms with van der Waals surface area (Å²) >= 11 is 6.17. The fourth-order valence-electron chi connectivity index (χ4n) is 2.73. The molecule has 1 aliphatic rings. The molecule has 1 heterocycles. The van der Waals surface area contributed by atoms with Crippen molar-refractivity contribution in [2.45, 2.75) is 18.2 Å². The normalized spacial score (nSPS) is 13.9. The average Bonchev–Trinajstić information content (AvgIpc) is 3.00. The summed E-state index contributed by atoms with van der Waals surface area (Å²) in [4.78, 5) is 14.6. The quantitative estimate of drug-likeness (QED) is 0.854. The van der Waals surface area contributed by atoms with Crippen molar-refractivity contribution in [3.05, 3.63) is 58.6 Å². The number of anilines is 1. The number of amides is 1. The van der Waals surface area contributed by atoms with Gasteiger partial charge in [0.1, 0.15) is 0 Å². The highest BCUT2D eigenvalue weighted by Crippen LogP contribution is 2.34. The lowest BCUT2D eigenvalue weighted by Gasteiger charge is -2.17. The van der Waals surface area contributed by atoms with Gasteiger partial charge in [-0.05, 0) is 48.4 Å². The van der Waals surface area contributed by atoms with E-state index in [4.69, 9.17) is 11.6 Å². The molecule has 2 aromatic carbocycles. The van der Waals surface area contributed by atoms with Crippen LogP contribution in [0, 0.1) is 0 Å². The van der Waals surface area contributed by atoms with E-state index in [1.807, 2.05) is 18.2 Å². The molecule has 0 N–H and O–H groups in total. The first-order chi connectivity index (χ1) is 10.9. The van der Waals surface area contributed by atoms with Crippen LogP contribution in [0.3, 0.4) is 0 Å². The van der Waals surface area contributed by atoms with Gasteiger partial charge >= 0.3 is 0 Å². The van der Waals surface area contributed by atoms with Crippen molar-refractivity contribution in [3.63, 3.8) is 0 Å². The van der Waals surface area contributed by atoms with Crippen molar-refractivity contribution >= 4 is 33.0 Å². The summed E-state index contributed by atoms with van der Waals surface area (Å²) in [6.07, 6.45) is 0.725. The fraction of sp³-hybridized carbons (Fsp3) is 0.235. The van der Waals surface area contributed by atoms with Crippen molar-refractivity contribution in [2.75, 3.05) is 17.2 Å². The Bertz CT molecular complexity index is 860. The second kappa shape index (κ2) is 5.98. The summed E-state index contributed by atoms with van der Waals surface area (Å²) in [5.74, 6) is -0.107. The third kappa shape index (κ3) is 2.86. The minimum Gasteiger partial charge on any atom is -0.308 e. The molecule has 1 amide bonds. The second-order valence-corrected chi connectivity index (χ2v) is 8.06. The second-order valence-electron chi connectivity index (χ2n) is 5.37. The minimum atomic E-state index is -3.26. The number of rotatable bonds is 3. The zero-order valence-electron chi connectivity index (χ0n) is 12.6. The van der Waals surface area contributed by atoms with E-state index in [2.05, 4.69) is 0 Å². The van der Waals surface area contributed by atoms with Gasteiger partial charge in [-0.15, -0.1) is 0 Å². The van der Waals surface area contributed by atoms with Gasteiger partial charge in [-0.2, -0.15) is 0 Å². The zero-order chi connectivity index (χ0) is 16.6. The van der Waals surface area contributed by atoms with Gasteiger partial charge in [0.25, 0.3) is 5.91 Å². The summed E-state index contributed by atoms with van der Waals surface area (Å²) in [7, 11) is -3.26. The molecule has 0 aromatic heterocycles. The lowest BCUT2D eigenvalue weighted by molar-refractivity contribution is 0.0989. The van der Waals surface area contributed by atoms with Crippen LogP contribution in [0.1, 0.15) is 22.8 Å². The SMILES string of the molecule is CCS(=O)(=O)c1ccc(C(=O)N2CCc3c(Cl)cccc32)cc1. The van der Waals surface area contributed by atoms with Gasteiger partial charge < -0.3 is 4.90 Å². The van der Waals surface area contributed by atoms with E-state index >= 15 is 0 Å². The van der Waals surface area contributed by atoms with Gasteiger partial charge in [-0.1, -0.05) is 24.6 Å². The average molecular weight is 350 g/mol. The molecule has 0 unspecified atom stereocenters. The van der Waals surface area contributed by atoms with Crippen LogP contribution in [-0.4, -0.2) is 26.6 Å². The highest BCUT2D eigenvalue weighted by Gasteiger charge is 2.27. The number of sulfone groups is 1. The highest BCUT2D eigenvalue weighted by atomic mass is 35.5. The smallest absolute Gasteiger partial charge is 0.258 e.